The van der Waals surface area contributed by atoms with Crippen molar-refractivity contribution in [2.75, 3.05) is 0 Å². The van der Waals surface area contributed by atoms with Gasteiger partial charge in [0, 0.05) is 16.5 Å². The molecule has 2 heteroatoms. The summed E-state index contributed by atoms with van der Waals surface area (Å²) >= 11 is 1.87. The van der Waals surface area contributed by atoms with Crippen molar-refractivity contribution in [2.24, 2.45) is 11.7 Å². The minimum absolute atomic E-state index is 0.515. The minimum atomic E-state index is 0.515. The van der Waals surface area contributed by atoms with Crippen LogP contribution in [0.2, 0.25) is 0 Å². The molecule has 2 aliphatic rings. The minimum Gasteiger partial charge on any atom is -0.399 e. The third-order valence-corrected chi connectivity index (χ3v) is 4.28. The van der Waals surface area contributed by atoms with Crippen molar-refractivity contribution in [1.29, 1.82) is 0 Å². The molecule has 0 bridgehead atoms. The summed E-state index contributed by atoms with van der Waals surface area (Å²) in [6.07, 6.45) is 4.28. The monoisotopic (exact) mass is 215 g/mol. The lowest BCUT2D eigenvalue weighted by molar-refractivity contribution is 0.621. The van der Waals surface area contributed by atoms with E-state index < -0.39 is 0 Å². The Morgan fingerprint density at radius 3 is 2.93 bits per heavy atom. The summed E-state index contributed by atoms with van der Waals surface area (Å²) in [5.74, 6) is 1.06. The zero-order valence-electron chi connectivity index (χ0n) is 8.60. The van der Waals surface area contributed by atoms with Crippen LogP contribution in [-0.2, 0) is 0 Å². The number of hydrogen-bond acceptors (Lipinski definition) is 2. The molecular formula is C13H13NS. The average Bonchev–Trinajstić information content (AvgIpc) is 2.54. The van der Waals surface area contributed by atoms with Gasteiger partial charge in [-0.25, -0.2) is 0 Å². The molecule has 0 saturated heterocycles. The first-order valence-corrected chi connectivity index (χ1v) is 6.03. The van der Waals surface area contributed by atoms with E-state index in [1.54, 1.807) is 0 Å². The van der Waals surface area contributed by atoms with Crippen molar-refractivity contribution in [2.45, 2.75) is 17.7 Å². The quantitative estimate of drug-likeness (QED) is 0.719. The largest absolute Gasteiger partial charge is 0.399 e. The molecule has 1 nitrogen and oxygen atoms in total. The SMILES string of the molecule is CC1C=C(N)C=C2Sc3ccccc3C21. The molecule has 0 fully saturated rings. The summed E-state index contributed by atoms with van der Waals surface area (Å²) < 4.78 is 0. The van der Waals surface area contributed by atoms with Crippen molar-refractivity contribution in [3.63, 3.8) is 0 Å². The summed E-state index contributed by atoms with van der Waals surface area (Å²) in [6.45, 7) is 2.24. The van der Waals surface area contributed by atoms with Crippen molar-refractivity contribution < 1.29 is 0 Å². The number of rotatable bonds is 0. The second kappa shape index (κ2) is 3.17. The molecule has 1 aliphatic heterocycles. The third kappa shape index (κ3) is 1.32. The van der Waals surface area contributed by atoms with Gasteiger partial charge in [-0.15, -0.1) is 0 Å². The van der Waals surface area contributed by atoms with Gasteiger partial charge in [-0.05, 0) is 28.5 Å². The highest BCUT2D eigenvalue weighted by Crippen LogP contribution is 2.53. The smallest absolute Gasteiger partial charge is 0.0284 e. The Morgan fingerprint density at radius 1 is 1.27 bits per heavy atom. The second-order valence-electron chi connectivity index (χ2n) is 4.19. The van der Waals surface area contributed by atoms with Crippen LogP contribution in [-0.4, -0.2) is 0 Å². The Balaban J connectivity index is 2.13. The van der Waals surface area contributed by atoms with E-state index in [4.69, 9.17) is 5.73 Å². The van der Waals surface area contributed by atoms with Crippen LogP contribution in [0.4, 0.5) is 0 Å². The van der Waals surface area contributed by atoms with Crippen molar-refractivity contribution >= 4 is 11.8 Å². The van der Waals surface area contributed by atoms with Gasteiger partial charge in [0.25, 0.3) is 0 Å². The van der Waals surface area contributed by atoms with Gasteiger partial charge >= 0.3 is 0 Å². The molecule has 3 rings (SSSR count). The third-order valence-electron chi connectivity index (χ3n) is 3.08. The Labute approximate surface area is 94.1 Å². The molecule has 0 radical (unpaired) electrons. The Hall–Kier alpha value is -1.15. The van der Waals surface area contributed by atoms with Gasteiger partial charge < -0.3 is 5.73 Å². The number of thioether (sulfide) groups is 1. The summed E-state index contributed by atoms with van der Waals surface area (Å²) in [7, 11) is 0. The Morgan fingerprint density at radius 2 is 2.07 bits per heavy atom. The highest BCUT2D eigenvalue weighted by Gasteiger charge is 2.33. The first kappa shape index (κ1) is 9.10. The van der Waals surface area contributed by atoms with E-state index in [1.807, 2.05) is 11.8 Å². The highest BCUT2D eigenvalue weighted by molar-refractivity contribution is 8.03. The molecular weight excluding hydrogens is 202 g/mol. The zero-order valence-corrected chi connectivity index (χ0v) is 9.42. The summed E-state index contributed by atoms with van der Waals surface area (Å²) in [6, 6.07) is 8.66. The van der Waals surface area contributed by atoms with Gasteiger partial charge in [-0.3, -0.25) is 0 Å². The Bertz CT molecular complexity index is 473. The molecule has 2 atom stereocenters. The van der Waals surface area contributed by atoms with Gasteiger partial charge in [0.05, 0.1) is 0 Å². The number of benzene rings is 1. The molecule has 0 aromatic heterocycles. The first-order chi connectivity index (χ1) is 7.25. The fraction of sp³-hybridized carbons (Fsp3) is 0.231. The van der Waals surface area contributed by atoms with Crippen LogP contribution in [0.3, 0.4) is 0 Å². The molecule has 1 aromatic carbocycles. The van der Waals surface area contributed by atoms with Gasteiger partial charge in [0.2, 0.25) is 0 Å². The predicted octanol–water partition coefficient (Wildman–Crippen LogP) is 3.25. The normalized spacial score (nSPS) is 27.8. The molecule has 0 saturated carbocycles. The van der Waals surface area contributed by atoms with Crippen LogP contribution >= 0.6 is 11.8 Å². The van der Waals surface area contributed by atoms with Crippen molar-refractivity contribution in [1.82, 2.24) is 0 Å². The highest BCUT2D eigenvalue weighted by atomic mass is 32.2. The lowest BCUT2D eigenvalue weighted by Gasteiger charge is -2.22. The fourth-order valence-electron chi connectivity index (χ4n) is 2.45. The van der Waals surface area contributed by atoms with Crippen LogP contribution < -0.4 is 5.73 Å². The molecule has 2 N–H and O–H groups in total. The molecule has 2 unspecified atom stereocenters. The topological polar surface area (TPSA) is 26.0 Å². The number of fused-ring (bicyclic) bond motifs is 3. The van der Waals surface area contributed by atoms with Crippen LogP contribution in [0.15, 0.2) is 51.9 Å². The van der Waals surface area contributed by atoms with E-state index in [9.17, 15) is 0 Å². The van der Waals surface area contributed by atoms with E-state index in [0.29, 0.717) is 11.8 Å². The van der Waals surface area contributed by atoms with Gasteiger partial charge in [-0.2, -0.15) is 0 Å². The van der Waals surface area contributed by atoms with Crippen LogP contribution in [0.5, 0.6) is 0 Å². The maximum Gasteiger partial charge on any atom is 0.0284 e. The maximum atomic E-state index is 5.89. The molecule has 15 heavy (non-hydrogen) atoms. The predicted molar refractivity (Wildman–Crippen MR) is 64.6 cm³/mol. The average molecular weight is 215 g/mol. The zero-order chi connectivity index (χ0) is 10.4. The molecule has 1 aliphatic carbocycles. The molecule has 76 valence electrons. The van der Waals surface area contributed by atoms with E-state index >= 15 is 0 Å². The maximum absolute atomic E-state index is 5.89. The van der Waals surface area contributed by atoms with Crippen molar-refractivity contribution in [3.05, 3.63) is 52.6 Å². The number of nitrogens with two attached hydrogens (primary N) is 1. The van der Waals surface area contributed by atoms with Crippen molar-refractivity contribution in [3.8, 4) is 0 Å². The summed E-state index contributed by atoms with van der Waals surface area (Å²) in [4.78, 5) is 2.80. The first-order valence-electron chi connectivity index (χ1n) is 5.21. The lowest BCUT2D eigenvalue weighted by Crippen LogP contribution is -2.13. The lowest BCUT2D eigenvalue weighted by atomic mass is 9.83. The Kier molecular flexibility index (Phi) is 1.93. The van der Waals surface area contributed by atoms with E-state index in [0.717, 1.165) is 5.70 Å². The second-order valence-corrected chi connectivity index (χ2v) is 5.31. The van der Waals surface area contributed by atoms with Gasteiger partial charge in [0.1, 0.15) is 0 Å². The summed E-state index contributed by atoms with van der Waals surface area (Å²) in [5, 5.41) is 0. The van der Waals surface area contributed by atoms with E-state index in [2.05, 4.69) is 43.3 Å². The standard InChI is InChI=1S/C13H13NS/c1-8-6-9(14)7-12-13(8)10-4-2-3-5-11(10)15-12/h2-8,13H,14H2,1H3. The molecule has 0 amide bonds. The van der Waals surface area contributed by atoms with E-state index in [1.165, 1.54) is 15.4 Å². The van der Waals surface area contributed by atoms with Gasteiger partial charge in [-0.1, -0.05) is 43.0 Å². The van der Waals surface area contributed by atoms with Crippen LogP contribution in [0, 0.1) is 5.92 Å². The van der Waals surface area contributed by atoms with E-state index in [-0.39, 0.29) is 0 Å². The van der Waals surface area contributed by atoms with Crippen LogP contribution in [0.25, 0.3) is 0 Å². The molecule has 0 spiro atoms. The molecule has 1 heterocycles. The number of allylic oxidation sites excluding steroid dienone is 3. The van der Waals surface area contributed by atoms with Crippen LogP contribution in [0.1, 0.15) is 18.4 Å². The fourth-order valence-corrected chi connectivity index (χ4v) is 3.82. The van der Waals surface area contributed by atoms with Gasteiger partial charge in [0.15, 0.2) is 0 Å². The summed E-state index contributed by atoms with van der Waals surface area (Å²) in [5.41, 5.74) is 8.26. The molecule has 1 aromatic rings. The number of hydrogen-bond donors (Lipinski definition) is 1.